The maximum atomic E-state index is 13.1. The van der Waals surface area contributed by atoms with Crippen molar-refractivity contribution in [1.82, 2.24) is 20.1 Å². The number of carbonyl (C=O) groups excluding carboxylic acids is 5. The molecule has 0 spiro atoms. The number of benzene rings is 1. The number of nitrogens with one attached hydrogen (secondary N) is 1. The summed E-state index contributed by atoms with van der Waals surface area (Å²) < 4.78 is 0. The van der Waals surface area contributed by atoms with Crippen LogP contribution in [0.4, 0.5) is 0 Å². The van der Waals surface area contributed by atoms with Gasteiger partial charge >= 0.3 is 0 Å². The Labute approximate surface area is 171 Å². The smallest absolute Gasteiger partial charge is 0.262 e. The number of imide groups is 2. The summed E-state index contributed by atoms with van der Waals surface area (Å²) in [6.07, 6.45) is 3.16. The summed E-state index contributed by atoms with van der Waals surface area (Å²) in [5.41, 5.74) is 1.27. The van der Waals surface area contributed by atoms with Crippen LogP contribution >= 0.6 is 0 Å². The van der Waals surface area contributed by atoms with Gasteiger partial charge in [-0.15, -0.1) is 0 Å². The molecule has 5 amide bonds. The number of fused-ring (bicyclic) bond motifs is 1. The minimum atomic E-state index is -1.03. The van der Waals surface area contributed by atoms with E-state index in [1.165, 1.54) is 17.2 Å². The zero-order chi connectivity index (χ0) is 21.4. The number of aromatic nitrogens is 1. The molecule has 0 radical (unpaired) electrons. The van der Waals surface area contributed by atoms with Gasteiger partial charge in [-0.2, -0.15) is 0 Å². The number of amides is 5. The van der Waals surface area contributed by atoms with Crippen molar-refractivity contribution < 1.29 is 24.0 Å². The summed E-state index contributed by atoms with van der Waals surface area (Å²) in [7, 11) is 1.59. The van der Waals surface area contributed by atoms with Crippen LogP contribution in [-0.4, -0.2) is 57.4 Å². The first-order valence-electron chi connectivity index (χ1n) is 9.37. The third kappa shape index (κ3) is 3.24. The molecule has 1 fully saturated rings. The van der Waals surface area contributed by atoms with Crippen LogP contribution in [-0.2, 0) is 16.1 Å². The Morgan fingerprint density at radius 2 is 1.97 bits per heavy atom. The Kier molecular flexibility index (Phi) is 4.86. The average molecular weight is 406 g/mol. The molecule has 0 bridgehead atoms. The van der Waals surface area contributed by atoms with Crippen LogP contribution in [0.25, 0.3) is 0 Å². The fraction of sp³-hybridized carbons (Fsp3) is 0.238. The standard InChI is InChI=1S/C21H18N4O5/c1-24(19(28)12-5-3-9-22-10-12)11-13-4-2-6-14-17(13)21(30)25(20(14)29)15-7-8-16(26)23-18(15)27/h2-6,9-10,15H,7-8,11H2,1H3,(H,23,26,27). The maximum Gasteiger partial charge on any atom is 0.262 e. The molecule has 1 unspecified atom stereocenters. The van der Waals surface area contributed by atoms with E-state index in [-0.39, 0.29) is 36.4 Å². The molecule has 1 N–H and O–H groups in total. The molecule has 4 rings (SSSR count). The van der Waals surface area contributed by atoms with Crippen LogP contribution in [0.3, 0.4) is 0 Å². The second-order valence-electron chi connectivity index (χ2n) is 7.19. The lowest BCUT2D eigenvalue weighted by atomic mass is 10.0. The zero-order valence-corrected chi connectivity index (χ0v) is 16.1. The normalized spacial score (nSPS) is 18.3. The lowest BCUT2D eigenvalue weighted by Crippen LogP contribution is -2.54. The number of rotatable bonds is 4. The van der Waals surface area contributed by atoms with Crippen molar-refractivity contribution in [2.75, 3.05) is 7.05 Å². The molecule has 1 aromatic heterocycles. The minimum absolute atomic E-state index is 0.0546. The molecule has 30 heavy (non-hydrogen) atoms. The van der Waals surface area contributed by atoms with Gasteiger partial charge in [0.05, 0.1) is 16.7 Å². The molecular weight excluding hydrogens is 388 g/mol. The summed E-state index contributed by atoms with van der Waals surface area (Å²) in [6.45, 7) is 0.0963. The van der Waals surface area contributed by atoms with Crippen LogP contribution in [0, 0.1) is 0 Å². The molecule has 0 saturated carbocycles. The van der Waals surface area contributed by atoms with Crippen molar-refractivity contribution in [3.05, 3.63) is 65.0 Å². The molecular formula is C21H18N4O5. The van der Waals surface area contributed by atoms with Crippen molar-refractivity contribution in [3.63, 3.8) is 0 Å². The van der Waals surface area contributed by atoms with E-state index in [2.05, 4.69) is 10.3 Å². The first kappa shape index (κ1) is 19.4. The molecule has 9 heteroatoms. The first-order valence-corrected chi connectivity index (χ1v) is 9.37. The third-order valence-corrected chi connectivity index (χ3v) is 5.22. The molecule has 1 atom stereocenters. The van der Waals surface area contributed by atoms with E-state index in [1.807, 2.05) is 0 Å². The van der Waals surface area contributed by atoms with Gasteiger partial charge < -0.3 is 4.90 Å². The highest BCUT2D eigenvalue weighted by Crippen LogP contribution is 2.30. The third-order valence-electron chi connectivity index (χ3n) is 5.22. The van der Waals surface area contributed by atoms with Gasteiger partial charge in [-0.05, 0) is 30.2 Å². The topological polar surface area (TPSA) is 117 Å². The molecule has 1 saturated heterocycles. The molecule has 152 valence electrons. The van der Waals surface area contributed by atoms with Crippen molar-refractivity contribution >= 4 is 29.5 Å². The molecule has 2 aliphatic rings. The predicted octanol–water partition coefficient (Wildman–Crippen LogP) is 0.755. The van der Waals surface area contributed by atoms with Gasteiger partial charge in [-0.25, -0.2) is 0 Å². The zero-order valence-electron chi connectivity index (χ0n) is 16.1. The Morgan fingerprint density at radius 3 is 2.67 bits per heavy atom. The number of nitrogens with zero attached hydrogens (tertiary/aromatic N) is 3. The largest absolute Gasteiger partial charge is 0.337 e. The van der Waals surface area contributed by atoms with E-state index in [4.69, 9.17) is 0 Å². The lowest BCUT2D eigenvalue weighted by Gasteiger charge is -2.28. The van der Waals surface area contributed by atoms with Gasteiger partial charge in [0.1, 0.15) is 6.04 Å². The second-order valence-corrected chi connectivity index (χ2v) is 7.19. The Bertz CT molecular complexity index is 1080. The molecule has 0 aliphatic carbocycles. The van der Waals surface area contributed by atoms with Gasteiger partial charge in [0.25, 0.3) is 17.7 Å². The number of carbonyl (C=O) groups is 5. The van der Waals surface area contributed by atoms with Crippen molar-refractivity contribution in [2.45, 2.75) is 25.4 Å². The highest BCUT2D eigenvalue weighted by molar-refractivity contribution is 6.24. The number of hydrogen-bond donors (Lipinski definition) is 1. The molecule has 2 aromatic rings. The van der Waals surface area contributed by atoms with E-state index >= 15 is 0 Å². The Balaban J connectivity index is 1.61. The molecule has 3 heterocycles. The maximum absolute atomic E-state index is 13.1. The van der Waals surface area contributed by atoms with E-state index in [1.54, 1.807) is 37.5 Å². The van der Waals surface area contributed by atoms with E-state index < -0.39 is 29.7 Å². The average Bonchev–Trinajstić information content (AvgIpc) is 2.99. The Morgan fingerprint density at radius 1 is 1.17 bits per heavy atom. The van der Waals surface area contributed by atoms with Crippen LogP contribution in [0.5, 0.6) is 0 Å². The molecule has 2 aliphatic heterocycles. The Hall–Kier alpha value is -3.88. The number of piperidine rings is 1. The summed E-state index contributed by atoms with van der Waals surface area (Å²) in [4.78, 5) is 68.5. The summed E-state index contributed by atoms with van der Waals surface area (Å²) in [5.74, 6) is -2.54. The molecule has 9 nitrogen and oxygen atoms in total. The number of pyridine rings is 1. The van der Waals surface area contributed by atoms with Crippen LogP contribution in [0.1, 0.15) is 49.5 Å². The summed E-state index contributed by atoms with van der Waals surface area (Å²) >= 11 is 0. The number of hydrogen-bond acceptors (Lipinski definition) is 6. The summed E-state index contributed by atoms with van der Waals surface area (Å²) in [6, 6.07) is 7.09. The van der Waals surface area contributed by atoms with Crippen molar-refractivity contribution in [2.24, 2.45) is 0 Å². The van der Waals surface area contributed by atoms with Crippen molar-refractivity contribution in [1.29, 1.82) is 0 Å². The van der Waals surface area contributed by atoms with Crippen LogP contribution in [0.2, 0.25) is 0 Å². The minimum Gasteiger partial charge on any atom is -0.337 e. The second kappa shape index (κ2) is 7.51. The summed E-state index contributed by atoms with van der Waals surface area (Å²) in [5, 5.41) is 2.17. The first-order chi connectivity index (χ1) is 14.4. The van der Waals surface area contributed by atoms with Crippen molar-refractivity contribution in [3.8, 4) is 0 Å². The fourth-order valence-electron chi connectivity index (χ4n) is 3.75. The molecule has 1 aromatic carbocycles. The van der Waals surface area contributed by atoms with Gasteiger partial charge in [0.15, 0.2) is 0 Å². The van der Waals surface area contributed by atoms with E-state index in [9.17, 15) is 24.0 Å². The quantitative estimate of drug-likeness (QED) is 0.749. The monoisotopic (exact) mass is 406 g/mol. The van der Waals surface area contributed by atoms with E-state index in [0.29, 0.717) is 11.1 Å². The van der Waals surface area contributed by atoms with Gasteiger partial charge in [0, 0.05) is 32.4 Å². The predicted molar refractivity (Wildman–Crippen MR) is 103 cm³/mol. The van der Waals surface area contributed by atoms with Gasteiger partial charge in [0.2, 0.25) is 11.8 Å². The highest BCUT2D eigenvalue weighted by atomic mass is 16.2. The highest BCUT2D eigenvalue weighted by Gasteiger charge is 2.45. The van der Waals surface area contributed by atoms with Gasteiger partial charge in [-0.1, -0.05) is 12.1 Å². The lowest BCUT2D eigenvalue weighted by molar-refractivity contribution is -0.136. The van der Waals surface area contributed by atoms with E-state index in [0.717, 1.165) is 4.90 Å². The van der Waals surface area contributed by atoms with Crippen LogP contribution in [0.15, 0.2) is 42.7 Å². The SMILES string of the molecule is CN(Cc1cccc2c1C(=O)N(C1CCC(=O)NC1=O)C2=O)C(=O)c1cccnc1. The van der Waals surface area contributed by atoms with Crippen LogP contribution < -0.4 is 5.32 Å². The fourth-order valence-corrected chi connectivity index (χ4v) is 3.75. The van der Waals surface area contributed by atoms with Gasteiger partial charge in [-0.3, -0.25) is 39.2 Å².